The fourth-order valence-corrected chi connectivity index (χ4v) is 2.33. The molecule has 1 saturated carbocycles. The third kappa shape index (κ3) is 3.30. The molecule has 2 rings (SSSR count). The van der Waals surface area contributed by atoms with Crippen LogP contribution in [0, 0.1) is 12.8 Å². The molecule has 0 atom stereocenters. The molecule has 0 spiro atoms. The zero-order valence-corrected chi connectivity index (χ0v) is 10.5. The quantitative estimate of drug-likeness (QED) is 0.552. The maximum Gasteiger partial charge on any atom is 0.145 e. The van der Waals surface area contributed by atoms with Crippen LogP contribution < -0.4 is 16.6 Å². The first kappa shape index (κ1) is 12.1. The van der Waals surface area contributed by atoms with E-state index in [0.717, 1.165) is 17.6 Å². The van der Waals surface area contributed by atoms with Crippen molar-refractivity contribution in [2.24, 2.45) is 11.8 Å². The molecule has 0 amide bonds. The van der Waals surface area contributed by atoms with Gasteiger partial charge < -0.3 is 10.7 Å². The molecule has 0 aromatic carbocycles. The topological polar surface area (TPSA) is 75.9 Å². The van der Waals surface area contributed by atoms with Crippen LogP contribution >= 0.6 is 0 Å². The van der Waals surface area contributed by atoms with E-state index < -0.39 is 0 Å². The van der Waals surface area contributed by atoms with E-state index in [1.807, 2.05) is 13.0 Å². The summed E-state index contributed by atoms with van der Waals surface area (Å²) in [5, 5.41) is 3.47. The van der Waals surface area contributed by atoms with Gasteiger partial charge in [-0.2, -0.15) is 0 Å². The van der Waals surface area contributed by atoms with Crippen LogP contribution in [-0.2, 0) is 0 Å². The number of nitrogens with zero attached hydrogens (tertiary/aromatic N) is 2. The van der Waals surface area contributed by atoms with Crippen molar-refractivity contribution in [1.82, 2.24) is 9.97 Å². The summed E-state index contributed by atoms with van der Waals surface area (Å²) in [5.74, 6) is 8.48. The second-order valence-electron chi connectivity index (χ2n) is 4.93. The second-order valence-corrected chi connectivity index (χ2v) is 4.93. The van der Waals surface area contributed by atoms with Crippen LogP contribution in [0.4, 0.5) is 11.6 Å². The van der Waals surface area contributed by atoms with Gasteiger partial charge in [-0.05, 0) is 38.5 Å². The van der Waals surface area contributed by atoms with Crippen LogP contribution in [0.25, 0.3) is 0 Å². The molecular weight excluding hydrogens is 214 g/mol. The molecule has 0 saturated heterocycles. The highest BCUT2D eigenvalue weighted by Gasteiger charge is 2.18. The van der Waals surface area contributed by atoms with Gasteiger partial charge in [-0.1, -0.05) is 6.92 Å². The van der Waals surface area contributed by atoms with E-state index in [-0.39, 0.29) is 0 Å². The van der Waals surface area contributed by atoms with Crippen LogP contribution in [-0.4, -0.2) is 16.0 Å². The minimum atomic E-state index is 0.533. The Hall–Kier alpha value is -1.36. The fraction of sp³-hybridized carbons (Fsp3) is 0.667. The molecule has 5 nitrogen and oxygen atoms in total. The zero-order chi connectivity index (χ0) is 12.3. The van der Waals surface area contributed by atoms with Gasteiger partial charge in [0.05, 0.1) is 0 Å². The van der Waals surface area contributed by atoms with Gasteiger partial charge in [-0.3, -0.25) is 0 Å². The molecule has 1 aliphatic carbocycles. The zero-order valence-electron chi connectivity index (χ0n) is 10.5. The molecule has 1 aromatic rings. The maximum absolute atomic E-state index is 5.37. The predicted molar refractivity (Wildman–Crippen MR) is 69.6 cm³/mol. The Morgan fingerprint density at radius 3 is 2.47 bits per heavy atom. The number of nitrogens with two attached hydrogens (primary N) is 1. The number of rotatable bonds is 3. The highest BCUT2D eigenvalue weighted by atomic mass is 15.3. The van der Waals surface area contributed by atoms with Gasteiger partial charge in [0.1, 0.15) is 17.5 Å². The Labute approximate surface area is 102 Å². The SMILES string of the molecule is Cc1nc(NN)cc(NC2CCC(C)CC2)n1. The third-order valence-electron chi connectivity index (χ3n) is 3.35. The van der Waals surface area contributed by atoms with Crippen molar-refractivity contribution in [3.05, 3.63) is 11.9 Å². The van der Waals surface area contributed by atoms with Crippen LogP contribution in [0.2, 0.25) is 0 Å². The molecule has 17 heavy (non-hydrogen) atoms. The standard InChI is InChI=1S/C12H21N5/c1-8-3-5-10(6-4-8)16-11-7-12(17-13)15-9(2)14-11/h7-8,10H,3-6,13H2,1-2H3,(H2,14,15,16,17). The first-order chi connectivity index (χ1) is 8.17. The molecule has 1 aliphatic rings. The van der Waals surface area contributed by atoms with Crippen molar-refractivity contribution in [1.29, 1.82) is 0 Å². The highest BCUT2D eigenvalue weighted by molar-refractivity contribution is 5.47. The molecule has 4 N–H and O–H groups in total. The number of hydrogen-bond acceptors (Lipinski definition) is 5. The normalized spacial score (nSPS) is 24.4. The second kappa shape index (κ2) is 5.31. The number of hydrazine groups is 1. The molecule has 0 bridgehead atoms. The lowest BCUT2D eigenvalue weighted by atomic mass is 9.87. The maximum atomic E-state index is 5.37. The fourth-order valence-electron chi connectivity index (χ4n) is 2.33. The van der Waals surface area contributed by atoms with E-state index in [1.165, 1.54) is 25.7 Å². The summed E-state index contributed by atoms with van der Waals surface area (Å²) in [4.78, 5) is 8.55. The summed E-state index contributed by atoms with van der Waals surface area (Å²) in [6, 6.07) is 2.39. The Morgan fingerprint density at radius 1 is 1.18 bits per heavy atom. The van der Waals surface area contributed by atoms with E-state index in [2.05, 4.69) is 27.6 Å². The van der Waals surface area contributed by atoms with Gasteiger partial charge in [0.2, 0.25) is 0 Å². The molecule has 1 aromatic heterocycles. The van der Waals surface area contributed by atoms with Crippen molar-refractivity contribution in [3.63, 3.8) is 0 Å². The number of anilines is 2. The summed E-state index contributed by atoms with van der Waals surface area (Å²) in [6.07, 6.45) is 5.03. The van der Waals surface area contributed by atoms with E-state index in [0.29, 0.717) is 11.9 Å². The van der Waals surface area contributed by atoms with Crippen molar-refractivity contribution in [2.75, 3.05) is 10.7 Å². The molecule has 0 aliphatic heterocycles. The van der Waals surface area contributed by atoms with E-state index in [1.54, 1.807) is 0 Å². The third-order valence-corrected chi connectivity index (χ3v) is 3.35. The van der Waals surface area contributed by atoms with E-state index in [9.17, 15) is 0 Å². The number of nitrogen functional groups attached to an aromatic ring is 1. The van der Waals surface area contributed by atoms with Crippen molar-refractivity contribution in [3.8, 4) is 0 Å². The Morgan fingerprint density at radius 2 is 1.82 bits per heavy atom. The van der Waals surface area contributed by atoms with Gasteiger partial charge in [0.15, 0.2) is 0 Å². The minimum absolute atomic E-state index is 0.533. The average Bonchev–Trinajstić information content (AvgIpc) is 2.31. The molecule has 1 heterocycles. The molecule has 1 fully saturated rings. The first-order valence-electron chi connectivity index (χ1n) is 6.26. The lowest BCUT2D eigenvalue weighted by Crippen LogP contribution is -2.26. The van der Waals surface area contributed by atoms with Gasteiger partial charge in [0, 0.05) is 12.1 Å². The lowest BCUT2D eigenvalue weighted by molar-refractivity contribution is 0.361. The summed E-state index contributed by atoms with van der Waals surface area (Å²) in [6.45, 7) is 4.19. The first-order valence-corrected chi connectivity index (χ1v) is 6.26. The van der Waals surface area contributed by atoms with Crippen molar-refractivity contribution < 1.29 is 0 Å². The summed E-state index contributed by atoms with van der Waals surface area (Å²) >= 11 is 0. The van der Waals surface area contributed by atoms with Gasteiger partial charge in [0.25, 0.3) is 0 Å². The van der Waals surface area contributed by atoms with Crippen LogP contribution in [0.1, 0.15) is 38.4 Å². The molecular formula is C12H21N5. The smallest absolute Gasteiger partial charge is 0.145 e. The van der Waals surface area contributed by atoms with Crippen LogP contribution in [0.5, 0.6) is 0 Å². The molecule has 94 valence electrons. The number of hydrogen-bond donors (Lipinski definition) is 3. The predicted octanol–water partition coefficient (Wildman–Crippen LogP) is 2.06. The Kier molecular flexibility index (Phi) is 3.78. The number of aryl methyl sites for hydroxylation is 1. The summed E-state index contributed by atoms with van der Waals surface area (Å²) in [7, 11) is 0. The summed E-state index contributed by atoms with van der Waals surface area (Å²) < 4.78 is 0. The number of aromatic nitrogens is 2. The molecule has 0 unspecified atom stereocenters. The number of nitrogens with one attached hydrogen (secondary N) is 2. The Balaban J connectivity index is 2.00. The molecule has 5 heteroatoms. The minimum Gasteiger partial charge on any atom is -0.367 e. The Bertz CT molecular complexity index is 371. The van der Waals surface area contributed by atoms with Crippen LogP contribution in [0.15, 0.2) is 6.07 Å². The van der Waals surface area contributed by atoms with E-state index in [4.69, 9.17) is 5.84 Å². The lowest BCUT2D eigenvalue weighted by Gasteiger charge is -2.27. The largest absolute Gasteiger partial charge is 0.367 e. The van der Waals surface area contributed by atoms with Gasteiger partial charge >= 0.3 is 0 Å². The van der Waals surface area contributed by atoms with Gasteiger partial charge in [-0.15, -0.1) is 0 Å². The van der Waals surface area contributed by atoms with Crippen LogP contribution in [0.3, 0.4) is 0 Å². The monoisotopic (exact) mass is 235 g/mol. The van der Waals surface area contributed by atoms with E-state index >= 15 is 0 Å². The average molecular weight is 235 g/mol. The highest BCUT2D eigenvalue weighted by Crippen LogP contribution is 2.25. The summed E-state index contributed by atoms with van der Waals surface area (Å²) in [5.41, 5.74) is 2.56. The van der Waals surface area contributed by atoms with Gasteiger partial charge in [-0.25, -0.2) is 15.8 Å². The van der Waals surface area contributed by atoms with Crippen molar-refractivity contribution >= 4 is 11.6 Å². The van der Waals surface area contributed by atoms with Crippen molar-refractivity contribution in [2.45, 2.75) is 45.6 Å². The molecule has 0 radical (unpaired) electrons.